The fourth-order valence-corrected chi connectivity index (χ4v) is 1.85. The maximum absolute atomic E-state index is 5.91. The van der Waals surface area contributed by atoms with Crippen LogP contribution in [0.3, 0.4) is 0 Å². The molecule has 2 nitrogen and oxygen atoms in total. The first-order valence-electron chi connectivity index (χ1n) is 5.86. The van der Waals surface area contributed by atoms with Crippen LogP contribution in [0.4, 0.5) is 0 Å². The highest BCUT2D eigenvalue weighted by Crippen LogP contribution is 2.40. The predicted molar refractivity (Wildman–Crippen MR) is 62.6 cm³/mol. The average molecular weight is 208 g/mol. The molecule has 1 aliphatic heterocycles. The summed E-state index contributed by atoms with van der Waals surface area (Å²) in [5.74, 6) is 2.94. The molecule has 0 amide bonds. The first kappa shape index (κ1) is 11.2. The molecule has 0 unspecified atom stereocenters. The highest BCUT2D eigenvalue weighted by molar-refractivity contribution is 6.51. The Labute approximate surface area is 93.2 Å². The van der Waals surface area contributed by atoms with Gasteiger partial charge in [-0.1, -0.05) is 11.5 Å². The Balaban J connectivity index is 2.05. The van der Waals surface area contributed by atoms with E-state index in [1.165, 1.54) is 18.4 Å². The number of hydrogen-bond acceptors (Lipinski definition) is 2. The maximum atomic E-state index is 5.91. The van der Waals surface area contributed by atoms with Gasteiger partial charge in [0.2, 0.25) is 0 Å². The second kappa shape index (κ2) is 3.36. The van der Waals surface area contributed by atoms with Crippen molar-refractivity contribution in [3.63, 3.8) is 0 Å². The van der Waals surface area contributed by atoms with Gasteiger partial charge in [-0.25, -0.2) is 0 Å². The molecule has 1 heterocycles. The van der Waals surface area contributed by atoms with Gasteiger partial charge in [0.05, 0.1) is 11.2 Å². The van der Waals surface area contributed by atoms with Crippen LogP contribution in [0.2, 0.25) is 0 Å². The molecule has 2 rings (SSSR count). The van der Waals surface area contributed by atoms with E-state index in [0.717, 1.165) is 5.92 Å². The summed E-state index contributed by atoms with van der Waals surface area (Å²) in [6.07, 6.45) is 2.67. The topological polar surface area (TPSA) is 18.5 Å². The fourth-order valence-electron chi connectivity index (χ4n) is 1.85. The molecule has 15 heavy (non-hydrogen) atoms. The van der Waals surface area contributed by atoms with E-state index in [1.54, 1.807) is 0 Å². The first-order chi connectivity index (χ1) is 6.82. The van der Waals surface area contributed by atoms with E-state index < -0.39 is 0 Å². The van der Waals surface area contributed by atoms with Gasteiger partial charge in [-0.15, -0.1) is 0 Å². The van der Waals surface area contributed by atoms with Crippen molar-refractivity contribution >= 4 is 7.12 Å². The highest BCUT2D eigenvalue weighted by Gasteiger charge is 2.50. The largest absolute Gasteiger partial charge is 0.487 e. The molecule has 1 saturated carbocycles. The van der Waals surface area contributed by atoms with Gasteiger partial charge in [0.25, 0.3) is 0 Å². The van der Waals surface area contributed by atoms with Crippen LogP contribution in [-0.4, -0.2) is 18.3 Å². The average Bonchev–Trinajstić information content (AvgIpc) is 2.79. The molecule has 0 N–H and O–H groups in total. The van der Waals surface area contributed by atoms with Crippen molar-refractivity contribution in [3.8, 4) is 0 Å². The summed E-state index contributed by atoms with van der Waals surface area (Å²) >= 11 is 0. The fraction of sp³-hybridized carbons (Fsp3) is 0.833. The van der Waals surface area contributed by atoms with Gasteiger partial charge >= 0.3 is 7.12 Å². The maximum Gasteiger partial charge on any atom is 0.487 e. The van der Waals surface area contributed by atoms with Crippen molar-refractivity contribution in [2.24, 2.45) is 5.92 Å². The zero-order chi connectivity index (χ0) is 11.3. The minimum absolute atomic E-state index is 0.157. The number of allylic oxidation sites excluding steroid dienone is 1. The Hall–Kier alpha value is -0.275. The van der Waals surface area contributed by atoms with E-state index in [4.69, 9.17) is 9.31 Å². The summed E-state index contributed by atoms with van der Waals surface area (Å²) in [4.78, 5) is 0. The lowest BCUT2D eigenvalue weighted by molar-refractivity contribution is 0.00578. The Morgan fingerprint density at radius 3 is 2.00 bits per heavy atom. The van der Waals surface area contributed by atoms with Gasteiger partial charge in [0.1, 0.15) is 0 Å². The second-order valence-corrected chi connectivity index (χ2v) is 5.81. The quantitative estimate of drug-likeness (QED) is 0.649. The van der Waals surface area contributed by atoms with E-state index in [0.29, 0.717) is 0 Å². The predicted octanol–water partition coefficient (Wildman–Crippen LogP) is 2.97. The van der Waals surface area contributed by atoms with E-state index in [1.807, 2.05) is 0 Å². The van der Waals surface area contributed by atoms with Crippen LogP contribution in [-0.2, 0) is 9.31 Å². The lowest BCUT2D eigenvalue weighted by atomic mass is 9.86. The minimum atomic E-state index is -0.210. The lowest BCUT2D eigenvalue weighted by Gasteiger charge is -2.32. The van der Waals surface area contributed by atoms with E-state index in [-0.39, 0.29) is 18.3 Å². The van der Waals surface area contributed by atoms with Crippen LogP contribution in [0.1, 0.15) is 47.5 Å². The summed E-state index contributed by atoms with van der Waals surface area (Å²) in [6, 6.07) is 0. The number of hydrogen-bond donors (Lipinski definition) is 0. The third-order valence-corrected chi connectivity index (χ3v) is 3.89. The van der Waals surface area contributed by atoms with Crippen LogP contribution >= 0.6 is 0 Å². The minimum Gasteiger partial charge on any atom is -0.400 e. The molecule has 0 radical (unpaired) electrons. The zero-order valence-corrected chi connectivity index (χ0v) is 10.5. The standard InChI is InChI=1S/C12H21BO2/c1-9(10-6-7-10)8-13-14-11(2,3)12(4,5)15-13/h8,10H,6-7H2,1-5H3. The molecule has 3 heteroatoms. The van der Waals surface area contributed by atoms with Gasteiger partial charge < -0.3 is 9.31 Å². The monoisotopic (exact) mass is 208 g/mol. The molecule has 84 valence electrons. The lowest BCUT2D eigenvalue weighted by Crippen LogP contribution is -2.41. The first-order valence-corrected chi connectivity index (χ1v) is 5.86. The van der Waals surface area contributed by atoms with E-state index in [9.17, 15) is 0 Å². The Kier molecular flexibility index (Phi) is 2.51. The summed E-state index contributed by atoms with van der Waals surface area (Å²) in [6.45, 7) is 10.5. The Bertz CT molecular complexity index is 274. The molecule has 1 saturated heterocycles. The Morgan fingerprint density at radius 2 is 1.60 bits per heavy atom. The molecule has 0 aromatic rings. The molecule has 0 aromatic carbocycles. The second-order valence-electron chi connectivity index (χ2n) is 5.81. The van der Waals surface area contributed by atoms with Crippen LogP contribution < -0.4 is 0 Å². The van der Waals surface area contributed by atoms with Crippen molar-refractivity contribution in [1.82, 2.24) is 0 Å². The molecule has 1 aliphatic carbocycles. The number of rotatable bonds is 2. The van der Waals surface area contributed by atoms with Gasteiger partial charge in [0.15, 0.2) is 0 Å². The van der Waals surface area contributed by atoms with E-state index in [2.05, 4.69) is 40.6 Å². The van der Waals surface area contributed by atoms with Gasteiger partial charge in [-0.3, -0.25) is 0 Å². The van der Waals surface area contributed by atoms with Crippen molar-refractivity contribution in [1.29, 1.82) is 0 Å². The zero-order valence-electron chi connectivity index (χ0n) is 10.5. The van der Waals surface area contributed by atoms with Crippen LogP contribution in [0.5, 0.6) is 0 Å². The molecular weight excluding hydrogens is 187 g/mol. The van der Waals surface area contributed by atoms with Crippen LogP contribution in [0.15, 0.2) is 11.5 Å². The van der Waals surface area contributed by atoms with Crippen molar-refractivity contribution < 1.29 is 9.31 Å². The SMILES string of the molecule is CC(=CB1OC(C)(C)C(C)(C)O1)C1CC1. The van der Waals surface area contributed by atoms with Gasteiger partial charge in [-0.2, -0.15) is 0 Å². The highest BCUT2D eigenvalue weighted by atomic mass is 16.7. The van der Waals surface area contributed by atoms with Crippen LogP contribution in [0, 0.1) is 5.92 Å². The Morgan fingerprint density at radius 1 is 1.13 bits per heavy atom. The van der Waals surface area contributed by atoms with E-state index >= 15 is 0 Å². The third-order valence-electron chi connectivity index (χ3n) is 3.89. The molecule has 0 atom stereocenters. The summed E-state index contributed by atoms with van der Waals surface area (Å²) < 4.78 is 11.8. The molecule has 0 aromatic heterocycles. The molecular formula is C12H21BO2. The molecule has 2 aliphatic rings. The van der Waals surface area contributed by atoms with Crippen molar-refractivity contribution in [3.05, 3.63) is 11.5 Å². The van der Waals surface area contributed by atoms with Crippen molar-refractivity contribution in [2.45, 2.75) is 58.7 Å². The summed E-state index contributed by atoms with van der Waals surface area (Å²) in [5.41, 5.74) is 1.00. The summed E-state index contributed by atoms with van der Waals surface area (Å²) in [7, 11) is -0.157. The van der Waals surface area contributed by atoms with Gasteiger partial charge in [0, 0.05) is 0 Å². The smallest absolute Gasteiger partial charge is 0.400 e. The molecule has 0 spiro atoms. The van der Waals surface area contributed by atoms with Crippen molar-refractivity contribution in [2.75, 3.05) is 0 Å². The van der Waals surface area contributed by atoms with Gasteiger partial charge in [-0.05, 0) is 53.4 Å². The van der Waals surface area contributed by atoms with Crippen LogP contribution in [0.25, 0.3) is 0 Å². The molecule has 2 fully saturated rings. The molecule has 0 bridgehead atoms. The normalized spacial score (nSPS) is 29.7. The summed E-state index contributed by atoms with van der Waals surface area (Å²) in [5, 5.41) is 0. The third kappa shape index (κ3) is 2.14.